The van der Waals surface area contributed by atoms with E-state index in [4.69, 9.17) is 0 Å². The van der Waals surface area contributed by atoms with Crippen molar-refractivity contribution in [1.29, 1.82) is 0 Å². The Balaban J connectivity index is 1.70. The van der Waals surface area contributed by atoms with Crippen molar-refractivity contribution in [3.63, 3.8) is 0 Å². The number of piperidine rings is 1. The highest BCUT2D eigenvalue weighted by atomic mass is 79.9. The van der Waals surface area contributed by atoms with Gasteiger partial charge >= 0.3 is 0 Å². The van der Waals surface area contributed by atoms with Gasteiger partial charge in [-0.3, -0.25) is 9.78 Å². The molecule has 1 aromatic heterocycles. The number of benzene rings is 1. The van der Waals surface area contributed by atoms with Crippen LogP contribution in [0.3, 0.4) is 0 Å². The van der Waals surface area contributed by atoms with Crippen LogP contribution in [0.2, 0.25) is 0 Å². The Morgan fingerprint density at radius 2 is 1.79 bits per heavy atom. The number of unbranched alkanes of at least 4 members (excludes halogenated alkanes) is 2. The molecule has 4 nitrogen and oxygen atoms in total. The Kier molecular flexibility index (Phi) is 10.4. The van der Waals surface area contributed by atoms with Crippen LogP contribution in [0.4, 0.5) is 0 Å². The Hall–Kier alpha value is -1.72. The number of aromatic nitrogens is 1. The summed E-state index contributed by atoms with van der Waals surface area (Å²) in [6, 6.07) is 12.6. The van der Waals surface area contributed by atoms with Gasteiger partial charge in [-0.05, 0) is 73.9 Å². The van der Waals surface area contributed by atoms with Gasteiger partial charge in [-0.2, -0.15) is 0 Å². The molecule has 3 rings (SSSR count). The first-order valence-electron chi connectivity index (χ1n) is 12.7. The second-order valence-corrected chi connectivity index (χ2v) is 10.7. The number of hydrogen-bond donors (Lipinski definition) is 0. The average Bonchev–Trinajstić information content (AvgIpc) is 2.83. The SMILES string of the molecule is CCCCCc1ccc(C(=O)N(Cc2ccc(Br)cc2)C2CCN(CCC(C)C)CC2)nc1. The maximum atomic E-state index is 13.6. The molecule has 0 N–H and O–H groups in total. The largest absolute Gasteiger partial charge is 0.330 e. The van der Waals surface area contributed by atoms with Crippen molar-refractivity contribution >= 4 is 21.8 Å². The summed E-state index contributed by atoms with van der Waals surface area (Å²) in [5.41, 5.74) is 2.94. The first kappa shape index (κ1) is 25.9. The molecule has 0 atom stereocenters. The van der Waals surface area contributed by atoms with Gasteiger partial charge in [-0.15, -0.1) is 0 Å². The first-order chi connectivity index (χ1) is 16.0. The number of halogens is 1. The van der Waals surface area contributed by atoms with E-state index in [-0.39, 0.29) is 11.9 Å². The van der Waals surface area contributed by atoms with Crippen molar-refractivity contribution in [1.82, 2.24) is 14.8 Å². The molecule has 0 bridgehead atoms. The maximum absolute atomic E-state index is 13.6. The summed E-state index contributed by atoms with van der Waals surface area (Å²) in [7, 11) is 0. The number of rotatable bonds is 11. The highest BCUT2D eigenvalue weighted by Crippen LogP contribution is 2.23. The Morgan fingerprint density at radius 1 is 1.09 bits per heavy atom. The minimum Gasteiger partial charge on any atom is -0.330 e. The van der Waals surface area contributed by atoms with Gasteiger partial charge in [0, 0.05) is 36.3 Å². The molecule has 2 heterocycles. The minimum atomic E-state index is 0.0543. The Morgan fingerprint density at radius 3 is 2.39 bits per heavy atom. The molecule has 33 heavy (non-hydrogen) atoms. The van der Waals surface area contributed by atoms with E-state index < -0.39 is 0 Å². The van der Waals surface area contributed by atoms with E-state index >= 15 is 0 Å². The fraction of sp³-hybridized carbons (Fsp3) is 0.571. The van der Waals surface area contributed by atoms with E-state index in [1.165, 1.54) is 31.2 Å². The van der Waals surface area contributed by atoms with E-state index in [0.717, 1.165) is 54.9 Å². The molecule has 0 spiro atoms. The van der Waals surface area contributed by atoms with Crippen molar-refractivity contribution in [3.8, 4) is 0 Å². The third-order valence-electron chi connectivity index (χ3n) is 6.66. The molecule has 2 aromatic rings. The summed E-state index contributed by atoms with van der Waals surface area (Å²) in [5, 5.41) is 0. The zero-order valence-corrected chi connectivity index (χ0v) is 22.2. The van der Waals surface area contributed by atoms with E-state index in [9.17, 15) is 4.79 Å². The predicted octanol–water partition coefficient (Wildman–Crippen LogP) is 6.73. The molecule has 0 aliphatic carbocycles. The molecular formula is C28H40BrN3O. The molecule has 1 aliphatic rings. The molecule has 0 saturated carbocycles. The van der Waals surface area contributed by atoms with Gasteiger partial charge in [0.2, 0.25) is 0 Å². The molecule has 180 valence electrons. The van der Waals surface area contributed by atoms with Crippen LogP contribution >= 0.6 is 15.9 Å². The maximum Gasteiger partial charge on any atom is 0.272 e. The second kappa shape index (κ2) is 13.2. The summed E-state index contributed by atoms with van der Waals surface area (Å²) in [6.07, 6.45) is 9.84. The van der Waals surface area contributed by atoms with E-state index in [1.807, 2.05) is 12.3 Å². The molecule has 1 aliphatic heterocycles. The second-order valence-electron chi connectivity index (χ2n) is 9.82. The van der Waals surface area contributed by atoms with Crippen LogP contribution in [0.15, 0.2) is 47.1 Å². The van der Waals surface area contributed by atoms with Crippen LogP contribution < -0.4 is 0 Å². The summed E-state index contributed by atoms with van der Waals surface area (Å²) in [4.78, 5) is 22.8. The predicted molar refractivity (Wildman–Crippen MR) is 140 cm³/mol. The lowest BCUT2D eigenvalue weighted by molar-refractivity contribution is 0.0540. The standard InChI is InChI=1S/C28H40BrN3O/c1-4-5-6-7-23-10-13-27(30-20-23)28(33)32(21-24-8-11-25(29)12-9-24)26-15-18-31(19-16-26)17-14-22(2)3/h8-13,20,22,26H,4-7,14-19,21H2,1-3H3. The number of amides is 1. The fourth-order valence-electron chi connectivity index (χ4n) is 4.47. The highest BCUT2D eigenvalue weighted by Gasteiger charge is 2.29. The van der Waals surface area contributed by atoms with Gasteiger partial charge in [0.05, 0.1) is 0 Å². The average molecular weight is 515 g/mol. The lowest BCUT2D eigenvalue weighted by Gasteiger charge is -2.38. The van der Waals surface area contributed by atoms with Gasteiger partial charge in [0.15, 0.2) is 0 Å². The molecule has 1 saturated heterocycles. The third-order valence-corrected chi connectivity index (χ3v) is 7.19. The van der Waals surface area contributed by atoms with Crippen LogP contribution in [0.25, 0.3) is 0 Å². The van der Waals surface area contributed by atoms with Crippen molar-refractivity contribution in [2.75, 3.05) is 19.6 Å². The number of carbonyl (C=O) groups is 1. The number of aryl methyl sites for hydroxylation is 1. The fourth-order valence-corrected chi connectivity index (χ4v) is 4.74. The zero-order chi connectivity index (χ0) is 23.6. The third kappa shape index (κ3) is 8.22. The van der Waals surface area contributed by atoms with Crippen LogP contribution in [0, 0.1) is 5.92 Å². The van der Waals surface area contributed by atoms with Gasteiger partial charge < -0.3 is 9.80 Å². The van der Waals surface area contributed by atoms with Crippen molar-refractivity contribution in [2.45, 2.75) is 78.3 Å². The minimum absolute atomic E-state index is 0.0543. The zero-order valence-electron chi connectivity index (χ0n) is 20.6. The van der Waals surface area contributed by atoms with Crippen LogP contribution in [0.1, 0.15) is 80.9 Å². The summed E-state index contributed by atoms with van der Waals surface area (Å²) in [6.45, 7) is 10.7. The number of hydrogen-bond acceptors (Lipinski definition) is 3. The van der Waals surface area contributed by atoms with E-state index in [2.05, 4.69) is 81.8 Å². The van der Waals surface area contributed by atoms with Crippen molar-refractivity contribution in [3.05, 3.63) is 63.9 Å². The first-order valence-corrected chi connectivity index (χ1v) is 13.5. The van der Waals surface area contributed by atoms with Gasteiger partial charge in [0.25, 0.3) is 5.91 Å². The molecular weight excluding hydrogens is 474 g/mol. The van der Waals surface area contributed by atoms with Gasteiger partial charge in [0.1, 0.15) is 5.69 Å². The van der Waals surface area contributed by atoms with E-state index in [1.54, 1.807) is 0 Å². The monoisotopic (exact) mass is 513 g/mol. The quantitative estimate of drug-likeness (QED) is 0.312. The number of nitrogens with zero attached hydrogens (tertiary/aromatic N) is 3. The Labute approximate surface area is 208 Å². The number of pyridine rings is 1. The van der Waals surface area contributed by atoms with Crippen LogP contribution in [-0.4, -0.2) is 46.4 Å². The highest BCUT2D eigenvalue weighted by molar-refractivity contribution is 9.10. The van der Waals surface area contributed by atoms with E-state index in [0.29, 0.717) is 12.2 Å². The summed E-state index contributed by atoms with van der Waals surface area (Å²) < 4.78 is 1.06. The normalized spacial score (nSPS) is 15.2. The van der Waals surface area contributed by atoms with Crippen LogP contribution in [-0.2, 0) is 13.0 Å². The topological polar surface area (TPSA) is 36.4 Å². The smallest absolute Gasteiger partial charge is 0.272 e. The molecule has 1 amide bonds. The summed E-state index contributed by atoms with van der Waals surface area (Å²) >= 11 is 3.52. The Bertz CT molecular complexity index is 842. The lowest BCUT2D eigenvalue weighted by Crippen LogP contribution is -2.47. The van der Waals surface area contributed by atoms with Gasteiger partial charge in [-0.1, -0.05) is 67.7 Å². The number of likely N-dealkylation sites (tertiary alicyclic amines) is 1. The van der Waals surface area contributed by atoms with Gasteiger partial charge in [-0.25, -0.2) is 0 Å². The van der Waals surface area contributed by atoms with Crippen molar-refractivity contribution < 1.29 is 4.79 Å². The summed E-state index contributed by atoms with van der Waals surface area (Å²) in [5.74, 6) is 0.785. The lowest BCUT2D eigenvalue weighted by atomic mass is 10.0. The van der Waals surface area contributed by atoms with Crippen molar-refractivity contribution in [2.24, 2.45) is 5.92 Å². The van der Waals surface area contributed by atoms with Crippen LogP contribution in [0.5, 0.6) is 0 Å². The molecule has 1 fully saturated rings. The molecule has 0 unspecified atom stereocenters. The molecule has 1 aromatic carbocycles. The molecule has 5 heteroatoms. The molecule has 0 radical (unpaired) electrons. The number of carbonyl (C=O) groups excluding carboxylic acids is 1.